The van der Waals surface area contributed by atoms with E-state index in [0.29, 0.717) is 11.5 Å². The fourth-order valence-corrected chi connectivity index (χ4v) is 2.01. The molecule has 0 heterocycles. The first-order chi connectivity index (χ1) is 10.8. The molecule has 0 bridgehead atoms. The first-order valence-electron chi connectivity index (χ1n) is 6.89. The zero-order valence-corrected chi connectivity index (χ0v) is 13.0. The maximum atomic E-state index is 5.54. The molecule has 0 aliphatic carbocycles. The summed E-state index contributed by atoms with van der Waals surface area (Å²) in [5.41, 5.74) is 1.99. The molecule has 0 aromatic heterocycles. The van der Waals surface area contributed by atoms with Gasteiger partial charge in [0.2, 0.25) is 0 Å². The molecule has 4 nitrogen and oxygen atoms in total. The Kier molecular flexibility index (Phi) is 5.86. The van der Waals surface area contributed by atoms with E-state index in [9.17, 15) is 0 Å². The summed E-state index contributed by atoms with van der Waals surface area (Å²) in [4.78, 5) is 0. The molecular weight excluding hydrogens is 280 g/mol. The monoisotopic (exact) mass is 300 g/mol. The second-order valence-corrected chi connectivity index (χ2v) is 4.54. The van der Waals surface area contributed by atoms with E-state index in [-0.39, 0.29) is 6.79 Å². The van der Waals surface area contributed by atoms with Gasteiger partial charge in [0, 0.05) is 12.7 Å². The minimum atomic E-state index is 0.223. The SMILES string of the molecule is COCOc1ccccc1C=Cc1ccc(OC)c(OC)c1. The molecule has 0 fully saturated rings. The van der Waals surface area contributed by atoms with Crippen molar-refractivity contribution in [1.29, 1.82) is 0 Å². The van der Waals surface area contributed by atoms with Crippen LogP contribution >= 0.6 is 0 Å². The van der Waals surface area contributed by atoms with Gasteiger partial charge in [-0.3, -0.25) is 0 Å². The van der Waals surface area contributed by atoms with Crippen LogP contribution in [0.1, 0.15) is 11.1 Å². The first-order valence-corrected chi connectivity index (χ1v) is 6.89. The van der Waals surface area contributed by atoms with E-state index < -0.39 is 0 Å². The van der Waals surface area contributed by atoms with E-state index in [1.165, 1.54) is 0 Å². The molecule has 2 aromatic rings. The highest BCUT2D eigenvalue weighted by Gasteiger charge is 2.03. The highest BCUT2D eigenvalue weighted by Crippen LogP contribution is 2.28. The smallest absolute Gasteiger partial charge is 0.188 e. The molecule has 0 saturated carbocycles. The summed E-state index contributed by atoms with van der Waals surface area (Å²) in [7, 11) is 4.85. The van der Waals surface area contributed by atoms with E-state index in [2.05, 4.69) is 0 Å². The summed E-state index contributed by atoms with van der Waals surface area (Å²) in [5.74, 6) is 2.19. The second-order valence-electron chi connectivity index (χ2n) is 4.54. The zero-order chi connectivity index (χ0) is 15.8. The van der Waals surface area contributed by atoms with Gasteiger partial charge >= 0.3 is 0 Å². The molecule has 2 rings (SSSR count). The summed E-state index contributed by atoms with van der Waals surface area (Å²) in [5, 5.41) is 0. The molecule has 0 saturated heterocycles. The maximum absolute atomic E-state index is 5.54. The van der Waals surface area contributed by atoms with Crippen molar-refractivity contribution in [2.45, 2.75) is 0 Å². The quantitative estimate of drug-likeness (QED) is 0.575. The lowest BCUT2D eigenvalue weighted by Crippen LogP contribution is -1.99. The third-order valence-electron chi connectivity index (χ3n) is 3.11. The van der Waals surface area contributed by atoms with Crippen LogP contribution in [-0.4, -0.2) is 28.1 Å². The van der Waals surface area contributed by atoms with Crippen molar-refractivity contribution in [1.82, 2.24) is 0 Å². The minimum absolute atomic E-state index is 0.223. The third kappa shape index (κ3) is 4.02. The zero-order valence-electron chi connectivity index (χ0n) is 13.0. The van der Waals surface area contributed by atoms with Crippen molar-refractivity contribution in [3.63, 3.8) is 0 Å². The van der Waals surface area contributed by atoms with Crippen LogP contribution in [0, 0.1) is 0 Å². The van der Waals surface area contributed by atoms with E-state index in [1.807, 2.05) is 54.6 Å². The predicted molar refractivity (Wildman–Crippen MR) is 87.4 cm³/mol. The maximum Gasteiger partial charge on any atom is 0.188 e. The fraction of sp³-hybridized carbons (Fsp3) is 0.222. The Bertz CT molecular complexity index is 635. The highest BCUT2D eigenvalue weighted by atomic mass is 16.7. The van der Waals surface area contributed by atoms with Gasteiger partial charge in [-0.15, -0.1) is 0 Å². The molecule has 0 radical (unpaired) electrons. The van der Waals surface area contributed by atoms with Crippen LogP contribution in [0.2, 0.25) is 0 Å². The Labute approximate surface area is 130 Å². The lowest BCUT2D eigenvalue weighted by atomic mass is 10.1. The molecule has 116 valence electrons. The minimum Gasteiger partial charge on any atom is -0.493 e. The molecule has 2 aromatic carbocycles. The summed E-state index contributed by atoms with van der Waals surface area (Å²) >= 11 is 0. The number of hydrogen-bond donors (Lipinski definition) is 0. The van der Waals surface area contributed by atoms with Crippen LogP contribution in [0.3, 0.4) is 0 Å². The van der Waals surface area contributed by atoms with Crippen molar-refractivity contribution >= 4 is 12.2 Å². The van der Waals surface area contributed by atoms with Crippen LogP contribution in [0.15, 0.2) is 42.5 Å². The Balaban J connectivity index is 2.21. The van der Waals surface area contributed by atoms with Crippen LogP contribution in [0.5, 0.6) is 17.2 Å². The summed E-state index contributed by atoms with van der Waals surface area (Å²) in [6.07, 6.45) is 3.99. The first kappa shape index (κ1) is 15.9. The van der Waals surface area contributed by atoms with Crippen LogP contribution in [0.4, 0.5) is 0 Å². The number of rotatable bonds is 7. The fourth-order valence-electron chi connectivity index (χ4n) is 2.01. The van der Waals surface area contributed by atoms with Crippen molar-refractivity contribution in [3.8, 4) is 17.2 Å². The van der Waals surface area contributed by atoms with Crippen LogP contribution in [-0.2, 0) is 4.74 Å². The van der Waals surface area contributed by atoms with Gasteiger partial charge < -0.3 is 18.9 Å². The van der Waals surface area contributed by atoms with Gasteiger partial charge in [0.15, 0.2) is 18.3 Å². The average molecular weight is 300 g/mol. The Morgan fingerprint density at radius 1 is 0.818 bits per heavy atom. The molecule has 0 aliphatic heterocycles. The molecule has 0 atom stereocenters. The Morgan fingerprint density at radius 3 is 2.32 bits per heavy atom. The highest BCUT2D eigenvalue weighted by molar-refractivity contribution is 5.73. The van der Waals surface area contributed by atoms with Gasteiger partial charge in [0.1, 0.15) is 5.75 Å². The van der Waals surface area contributed by atoms with Crippen molar-refractivity contribution < 1.29 is 18.9 Å². The molecule has 0 N–H and O–H groups in total. The van der Waals surface area contributed by atoms with Gasteiger partial charge in [-0.05, 0) is 23.8 Å². The molecule has 22 heavy (non-hydrogen) atoms. The molecule has 0 amide bonds. The van der Waals surface area contributed by atoms with Crippen molar-refractivity contribution in [2.24, 2.45) is 0 Å². The topological polar surface area (TPSA) is 36.9 Å². The molecule has 0 spiro atoms. The van der Waals surface area contributed by atoms with Gasteiger partial charge in [-0.25, -0.2) is 0 Å². The van der Waals surface area contributed by atoms with Crippen LogP contribution < -0.4 is 14.2 Å². The van der Waals surface area contributed by atoms with Crippen molar-refractivity contribution in [2.75, 3.05) is 28.1 Å². The van der Waals surface area contributed by atoms with Crippen molar-refractivity contribution in [3.05, 3.63) is 53.6 Å². The van der Waals surface area contributed by atoms with Gasteiger partial charge in [0.05, 0.1) is 14.2 Å². The normalized spacial score (nSPS) is 10.7. The number of para-hydroxylation sites is 1. The molecule has 0 aliphatic rings. The van der Waals surface area contributed by atoms with Gasteiger partial charge in [-0.1, -0.05) is 36.4 Å². The lowest BCUT2D eigenvalue weighted by Gasteiger charge is -2.09. The number of hydrogen-bond acceptors (Lipinski definition) is 4. The third-order valence-corrected chi connectivity index (χ3v) is 3.11. The van der Waals surface area contributed by atoms with E-state index in [1.54, 1.807) is 21.3 Å². The number of benzene rings is 2. The Morgan fingerprint density at radius 2 is 1.59 bits per heavy atom. The summed E-state index contributed by atoms with van der Waals surface area (Å²) in [6.45, 7) is 0.223. The van der Waals surface area contributed by atoms with Crippen LogP contribution in [0.25, 0.3) is 12.2 Å². The summed E-state index contributed by atoms with van der Waals surface area (Å²) in [6, 6.07) is 13.6. The summed E-state index contributed by atoms with van der Waals surface area (Å²) < 4.78 is 21.0. The molecular formula is C18H20O4. The molecule has 0 unspecified atom stereocenters. The van der Waals surface area contributed by atoms with E-state index >= 15 is 0 Å². The Hall–Kier alpha value is -2.46. The number of ether oxygens (including phenoxy) is 4. The molecule has 4 heteroatoms. The standard InChI is InChI=1S/C18H20O4/c1-19-13-22-16-7-5-4-6-15(16)10-8-14-9-11-17(20-2)18(12-14)21-3/h4-12H,13H2,1-3H3. The van der Waals surface area contributed by atoms with E-state index in [4.69, 9.17) is 18.9 Å². The largest absolute Gasteiger partial charge is 0.493 e. The van der Waals surface area contributed by atoms with Gasteiger partial charge in [0.25, 0.3) is 0 Å². The number of methoxy groups -OCH3 is 3. The average Bonchev–Trinajstić information content (AvgIpc) is 2.58. The lowest BCUT2D eigenvalue weighted by molar-refractivity contribution is 0.0510. The predicted octanol–water partition coefficient (Wildman–Crippen LogP) is 3.86. The van der Waals surface area contributed by atoms with E-state index in [0.717, 1.165) is 16.9 Å². The second kappa shape index (κ2) is 8.10. The van der Waals surface area contributed by atoms with Gasteiger partial charge in [-0.2, -0.15) is 0 Å².